The van der Waals surface area contributed by atoms with Crippen molar-refractivity contribution in [2.45, 2.75) is 33.6 Å². The van der Waals surface area contributed by atoms with Crippen LogP contribution in [0.5, 0.6) is 0 Å². The van der Waals surface area contributed by atoms with Gasteiger partial charge in [0.15, 0.2) is 0 Å². The van der Waals surface area contributed by atoms with Crippen LogP contribution in [0.25, 0.3) is 0 Å². The molecule has 2 nitrogen and oxygen atoms in total. The zero-order chi connectivity index (χ0) is 9.84. The van der Waals surface area contributed by atoms with Gasteiger partial charge >= 0.3 is 5.97 Å². The normalized spacial score (nSPS) is 30.8. The van der Waals surface area contributed by atoms with Crippen LogP contribution in [0.2, 0.25) is 0 Å². The van der Waals surface area contributed by atoms with Crippen LogP contribution in [0.4, 0.5) is 0 Å². The summed E-state index contributed by atoms with van der Waals surface area (Å²) in [6, 6.07) is 0. The predicted octanol–water partition coefficient (Wildman–Crippen LogP) is 2.54. The Labute approximate surface area is 80.0 Å². The molecule has 1 fully saturated rings. The molecule has 0 N–H and O–H groups in total. The number of esters is 1. The van der Waals surface area contributed by atoms with Crippen LogP contribution < -0.4 is 0 Å². The molecule has 0 amide bonds. The van der Waals surface area contributed by atoms with Gasteiger partial charge in [0.25, 0.3) is 0 Å². The van der Waals surface area contributed by atoms with Gasteiger partial charge in [0.2, 0.25) is 0 Å². The van der Waals surface area contributed by atoms with E-state index >= 15 is 0 Å². The molecule has 0 heterocycles. The van der Waals surface area contributed by atoms with Crippen molar-refractivity contribution in [1.82, 2.24) is 0 Å². The Kier molecular flexibility index (Phi) is 3.52. The SMILES string of the molecule is CC(=O)OCC=C1C[C@@H](C)[C@@H](C)C1. The summed E-state index contributed by atoms with van der Waals surface area (Å²) in [4.78, 5) is 10.5. The third-order valence-electron chi connectivity index (χ3n) is 2.80. The third kappa shape index (κ3) is 3.21. The van der Waals surface area contributed by atoms with E-state index in [2.05, 4.69) is 19.9 Å². The molecular weight excluding hydrogens is 164 g/mol. The van der Waals surface area contributed by atoms with E-state index in [4.69, 9.17) is 4.74 Å². The van der Waals surface area contributed by atoms with Crippen molar-refractivity contribution in [3.05, 3.63) is 11.6 Å². The number of ether oxygens (including phenoxy) is 1. The van der Waals surface area contributed by atoms with Crippen LogP contribution in [-0.2, 0) is 9.53 Å². The number of carbonyl (C=O) groups is 1. The van der Waals surface area contributed by atoms with Gasteiger partial charge in [-0.1, -0.05) is 19.4 Å². The first-order valence-electron chi connectivity index (χ1n) is 4.91. The Bertz CT molecular complexity index is 206. The number of allylic oxidation sites excluding steroid dienone is 1. The Morgan fingerprint density at radius 2 is 2.00 bits per heavy atom. The highest BCUT2D eigenvalue weighted by Crippen LogP contribution is 2.34. The third-order valence-corrected chi connectivity index (χ3v) is 2.80. The summed E-state index contributed by atoms with van der Waals surface area (Å²) in [6.07, 6.45) is 4.40. The van der Waals surface area contributed by atoms with Gasteiger partial charge in [0, 0.05) is 6.92 Å². The van der Waals surface area contributed by atoms with E-state index in [-0.39, 0.29) is 5.97 Å². The average molecular weight is 182 g/mol. The molecule has 0 radical (unpaired) electrons. The van der Waals surface area contributed by atoms with Crippen LogP contribution in [0.15, 0.2) is 11.6 Å². The van der Waals surface area contributed by atoms with Gasteiger partial charge in [0.1, 0.15) is 6.61 Å². The van der Waals surface area contributed by atoms with E-state index in [1.165, 1.54) is 25.3 Å². The predicted molar refractivity (Wildman–Crippen MR) is 52.3 cm³/mol. The summed E-state index contributed by atoms with van der Waals surface area (Å²) in [5.41, 5.74) is 1.45. The molecule has 1 saturated carbocycles. The van der Waals surface area contributed by atoms with Crippen molar-refractivity contribution < 1.29 is 9.53 Å². The Balaban J connectivity index is 2.33. The summed E-state index contributed by atoms with van der Waals surface area (Å²) < 4.78 is 4.86. The zero-order valence-electron chi connectivity index (χ0n) is 8.67. The van der Waals surface area contributed by atoms with E-state index in [0.717, 1.165) is 11.8 Å². The minimum Gasteiger partial charge on any atom is -0.462 e. The lowest BCUT2D eigenvalue weighted by Crippen LogP contribution is -1.98. The topological polar surface area (TPSA) is 26.3 Å². The minimum absolute atomic E-state index is 0.198. The molecule has 0 aliphatic heterocycles. The van der Waals surface area contributed by atoms with E-state index in [1.54, 1.807) is 0 Å². The summed E-state index contributed by atoms with van der Waals surface area (Å²) in [5.74, 6) is 1.36. The highest BCUT2D eigenvalue weighted by molar-refractivity contribution is 5.66. The standard InChI is InChI=1S/C11H18O2/c1-8-6-11(7-9(8)2)4-5-13-10(3)12/h4,8-9H,5-7H2,1-3H3/t8-,9+. The number of rotatable bonds is 2. The average Bonchev–Trinajstić information content (AvgIpc) is 2.30. The fraction of sp³-hybridized carbons (Fsp3) is 0.727. The maximum absolute atomic E-state index is 10.5. The van der Waals surface area contributed by atoms with E-state index < -0.39 is 0 Å². The zero-order valence-corrected chi connectivity index (χ0v) is 8.67. The van der Waals surface area contributed by atoms with Gasteiger partial charge in [0.05, 0.1) is 0 Å². The summed E-state index contributed by atoms with van der Waals surface area (Å²) in [7, 11) is 0. The van der Waals surface area contributed by atoms with Crippen molar-refractivity contribution in [2.75, 3.05) is 6.61 Å². The number of hydrogen-bond donors (Lipinski definition) is 0. The number of hydrogen-bond acceptors (Lipinski definition) is 2. The van der Waals surface area contributed by atoms with Gasteiger partial charge in [-0.2, -0.15) is 0 Å². The molecule has 0 aromatic rings. The summed E-state index contributed by atoms with van der Waals surface area (Å²) in [5, 5.41) is 0. The first-order chi connectivity index (χ1) is 6.09. The molecule has 0 bridgehead atoms. The van der Waals surface area contributed by atoms with Crippen molar-refractivity contribution in [2.24, 2.45) is 11.8 Å². The molecule has 0 aromatic heterocycles. The Hall–Kier alpha value is -0.790. The lowest BCUT2D eigenvalue weighted by atomic mass is 10.0. The van der Waals surface area contributed by atoms with E-state index in [9.17, 15) is 4.79 Å². The summed E-state index contributed by atoms with van der Waals surface area (Å²) >= 11 is 0. The second kappa shape index (κ2) is 4.45. The first kappa shape index (κ1) is 10.3. The van der Waals surface area contributed by atoms with Crippen molar-refractivity contribution in [1.29, 1.82) is 0 Å². The Morgan fingerprint density at radius 1 is 1.46 bits per heavy atom. The maximum Gasteiger partial charge on any atom is 0.302 e. The van der Waals surface area contributed by atoms with E-state index in [0.29, 0.717) is 6.61 Å². The molecule has 0 spiro atoms. The lowest BCUT2D eigenvalue weighted by Gasteiger charge is -2.04. The first-order valence-corrected chi connectivity index (χ1v) is 4.91. The van der Waals surface area contributed by atoms with Crippen molar-refractivity contribution >= 4 is 5.97 Å². The molecule has 1 rings (SSSR count). The molecule has 0 saturated heterocycles. The van der Waals surface area contributed by atoms with Crippen LogP contribution in [0, 0.1) is 11.8 Å². The van der Waals surface area contributed by atoms with Crippen LogP contribution >= 0.6 is 0 Å². The van der Waals surface area contributed by atoms with Gasteiger partial charge in [-0.05, 0) is 30.8 Å². The van der Waals surface area contributed by atoms with Crippen LogP contribution in [-0.4, -0.2) is 12.6 Å². The van der Waals surface area contributed by atoms with Gasteiger partial charge in [-0.3, -0.25) is 4.79 Å². The van der Waals surface area contributed by atoms with Gasteiger partial charge in [-0.25, -0.2) is 0 Å². The van der Waals surface area contributed by atoms with Crippen molar-refractivity contribution in [3.8, 4) is 0 Å². The molecule has 0 unspecified atom stereocenters. The fourth-order valence-corrected chi connectivity index (χ4v) is 1.76. The largest absolute Gasteiger partial charge is 0.462 e. The summed E-state index contributed by atoms with van der Waals surface area (Å²) in [6.45, 7) is 6.44. The monoisotopic (exact) mass is 182 g/mol. The molecule has 1 aliphatic carbocycles. The fourth-order valence-electron chi connectivity index (χ4n) is 1.76. The minimum atomic E-state index is -0.198. The Morgan fingerprint density at radius 3 is 2.46 bits per heavy atom. The molecular formula is C11H18O2. The quantitative estimate of drug-likeness (QED) is 0.484. The molecule has 13 heavy (non-hydrogen) atoms. The smallest absolute Gasteiger partial charge is 0.302 e. The highest BCUT2D eigenvalue weighted by atomic mass is 16.5. The van der Waals surface area contributed by atoms with Crippen LogP contribution in [0.1, 0.15) is 33.6 Å². The lowest BCUT2D eigenvalue weighted by molar-refractivity contribution is -0.139. The maximum atomic E-state index is 10.5. The van der Waals surface area contributed by atoms with Gasteiger partial charge < -0.3 is 4.74 Å². The molecule has 2 atom stereocenters. The molecule has 74 valence electrons. The highest BCUT2D eigenvalue weighted by Gasteiger charge is 2.22. The number of carbonyl (C=O) groups excluding carboxylic acids is 1. The van der Waals surface area contributed by atoms with Gasteiger partial charge in [-0.15, -0.1) is 0 Å². The second-order valence-corrected chi connectivity index (χ2v) is 4.03. The molecule has 1 aliphatic rings. The van der Waals surface area contributed by atoms with Crippen molar-refractivity contribution in [3.63, 3.8) is 0 Å². The molecule has 0 aromatic carbocycles. The second-order valence-electron chi connectivity index (χ2n) is 4.03. The molecule has 2 heteroatoms. The van der Waals surface area contributed by atoms with E-state index in [1.807, 2.05) is 0 Å². The van der Waals surface area contributed by atoms with Crippen LogP contribution in [0.3, 0.4) is 0 Å².